The van der Waals surface area contributed by atoms with Gasteiger partial charge in [-0.2, -0.15) is 10.2 Å². The fraction of sp³-hybridized carbons (Fsp3) is 0.188. The van der Waals surface area contributed by atoms with Crippen molar-refractivity contribution in [1.82, 2.24) is 0 Å². The Labute approximate surface area is 123 Å². The van der Waals surface area contributed by atoms with Gasteiger partial charge in [0, 0.05) is 0 Å². The lowest BCUT2D eigenvalue weighted by Crippen LogP contribution is -2.00. The number of aryl methyl sites for hydroxylation is 1. The Hall–Kier alpha value is -2.69. The van der Waals surface area contributed by atoms with Crippen LogP contribution in [-0.2, 0) is 4.74 Å². The molecule has 5 heteroatoms. The van der Waals surface area contributed by atoms with Gasteiger partial charge in [-0.05, 0) is 48.9 Å². The Balaban J connectivity index is 2.24. The molecule has 0 aliphatic rings. The molecule has 2 aromatic rings. The lowest BCUT2D eigenvalue weighted by Gasteiger charge is -2.03. The van der Waals surface area contributed by atoms with E-state index in [2.05, 4.69) is 10.2 Å². The second kappa shape index (κ2) is 6.65. The van der Waals surface area contributed by atoms with Crippen LogP contribution in [0.4, 0.5) is 11.4 Å². The van der Waals surface area contributed by atoms with Gasteiger partial charge in [0.15, 0.2) is 0 Å². The van der Waals surface area contributed by atoms with Crippen molar-refractivity contribution in [2.75, 3.05) is 14.2 Å². The maximum atomic E-state index is 11.5. The Morgan fingerprint density at radius 1 is 1.00 bits per heavy atom. The fourth-order valence-electron chi connectivity index (χ4n) is 1.72. The molecule has 0 atom stereocenters. The van der Waals surface area contributed by atoms with Crippen molar-refractivity contribution in [1.29, 1.82) is 0 Å². The molecule has 5 nitrogen and oxygen atoms in total. The summed E-state index contributed by atoms with van der Waals surface area (Å²) in [5.74, 6) is 0.369. The van der Waals surface area contributed by atoms with E-state index in [4.69, 9.17) is 9.47 Å². The minimum Gasteiger partial charge on any atom is -0.497 e. The Morgan fingerprint density at radius 3 is 2.33 bits per heavy atom. The van der Waals surface area contributed by atoms with E-state index in [9.17, 15) is 4.79 Å². The van der Waals surface area contributed by atoms with Gasteiger partial charge in [0.2, 0.25) is 0 Å². The predicted octanol–water partition coefficient (Wildman–Crippen LogP) is 4.21. The summed E-state index contributed by atoms with van der Waals surface area (Å²) in [7, 11) is 2.96. The van der Waals surface area contributed by atoms with Crippen LogP contribution in [0.2, 0.25) is 0 Å². The number of hydrogen-bond acceptors (Lipinski definition) is 5. The molecule has 21 heavy (non-hydrogen) atoms. The van der Waals surface area contributed by atoms with Crippen LogP contribution < -0.4 is 4.74 Å². The number of hydrogen-bond donors (Lipinski definition) is 0. The van der Waals surface area contributed by atoms with E-state index < -0.39 is 5.97 Å². The molecule has 2 rings (SSSR count). The predicted molar refractivity (Wildman–Crippen MR) is 79.7 cm³/mol. The van der Waals surface area contributed by atoms with Crippen molar-refractivity contribution < 1.29 is 14.3 Å². The molecule has 0 bridgehead atoms. The quantitative estimate of drug-likeness (QED) is 0.624. The van der Waals surface area contributed by atoms with Crippen LogP contribution in [0, 0.1) is 6.92 Å². The van der Waals surface area contributed by atoms with Crippen molar-refractivity contribution in [3.8, 4) is 5.75 Å². The lowest BCUT2D eigenvalue weighted by atomic mass is 10.1. The van der Waals surface area contributed by atoms with E-state index in [1.807, 2.05) is 37.3 Å². The van der Waals surface area contributed by atoms with Crippen LogP contribution in [0.1, 0.15) is 15.9 Å². The van der Waals surface area contributed by atoms with Crippen LogP contribution in [0.15, 0.2) is 52.7 Å². The van der Waals surface area contributed by atoms with Gasteiger partial charge < -0.3 is 9.47 Å². The molecule has 0 saturated carbocycles. The number of rotatable bonds is 4. The summed E-state index contributed by atoms with van der Waals surface area (Å²) in [6.07, 6.45) is 0. The smallest absolute Gasteiger partial charge is 0.337 e. The molecule has 0 heterocycles. The zero-order valence-corrected chi connectivity index (χ0v) is 12.2. The molecular weight excluding hydrogens is 268 g/mol. The molecule has 0 aliphatic carbocycles. The first-order chi connectivity index (χ1) is 10.1. The summed E-state index contributed by atoms with van der Waals surface area (Å²) in [5.41, 5.74) is 2.72. The molecule has 0 aromatic heterocycles. The molecule has 0 spiro atoms. The average molecular weight is 284 g/mol. The van der Waals surface area contributed by atoms with Crippen LogP contribution in [0.5, 0.6) is 5.75 Å². The molecule has 0 fully saturated rings. The van der Waals surface area contributed by atoms with Gasteiger partial charge in [0.1, 0.15) is 5.75 Å². The Kier molecular flexibility index (Phi) is 4.66. The number of methoxy groups -OCH3 is 2. The number of ether oxygens (including phenoxy) is 2. The first-order valence-electron chi connectivity index (χ1n) is 6.39. The molecule has 2 aromatic carbocycles. The Morgan fingerprint density at radius 2 is 1.71 bits per heavy atom. The molecule has 0 N–H and O–H groups in total. The maximum Gasteiger partial charge on any atom is 0.337 e. The van der Waals surface area contributed by atoms with E-state index >= 15 is 0 Å². The van der Waals surface area contributed by atoms with E-state index in [-0.39, 0.29) is 0 Å². The fourth-order valence-corrected chi connectivity index (χ4v) is 1.72. The largest absolute Gasteiger partial charge is 0.497 e. The second-order valence-electron chi connectivity index (χ2n) is 4.39. The summed E-state index contributed by atoms with van der Waals surface area (Å²) in [5, 5.41) is 8.34. The van der Waals surface area contributed by atoms with Crippen molar-refractivity contribution in [3.05, 3.63) is 53.6 Å². The topological polar surface area (TPSA) is 60.2 Å². The van der Waals surface area contributed by atoms with Crippen molar-refractivity contribution in [2.24, 2.45) is 10.2 Å². The summed E-state index contributed by atoms with van der Waals surface area (Å²) in [4.78, 5) is 11.5. The number of carbonyl (C=O) groups is 1. The number of benzene rings is 2. The van der Waals surface area contributed by atoms with Gasteiger partial charge in [-0.25, -0.2) is 4.79 Å². The first kappa shape index (κ1) is 14.7. The highest BCUT2D eigenvalue weighted by Crippen LogP contribution is 2.24. The Bertz CT molecular complexity index is 664. The minimum absolute atomic E-state index is 0.393. The maximum absolute atomic E-state index is 11.5. The highest BCUT2D eigenvalue weighted by molar-refractivity contribution is 5.90. The molecule has 0 aliphatic heterocycles. The zero-order chi connectivity index (χ0) is 15.2. The molecular formula is C16H16N2O3. The van der Waals surface area contributed by atoms with Gasteiger partial charge in [0.05, 0.1) is 31.2 Å². The number of azo groups is 1. The second-order valence-corrected chi connectivity index (χ2v) is 4.39. The molecule has 0 unspecified atom stereocenters. The minimum atomic E-state index is -0.393. The summed E-state index contributed by atoms with van der Waals surface area (Å²) in [6.45, 7) is 1.91. The average Bonchev–Trinajstić information content (AvgIpc) is 2.53. The molecule has 0 saturated heterocycles. The molecule has 0 amide bonds. The van der Waals surface area contributed by atoms with Crippen molar-refractivity contribution >= 4 is 17.3 Å². The summed E-state index contributed by atoms with van der Waals surface area (Å²) < 4.78 is 9.78. The van der Waals surface area contributed by atoms with Crippen LogP contribution in [0.3, 0.4) is 0 Å². The normalized spacial score (nSPS) is 10.6. The third kappa shape index (κ3) is 3.66. The SMILES string of the molecule is COC(=O)c1ccc(C)c(N=Nc2ccc(OC)cc2)c1. The monoisotopic (exact) mass is 284 g/mol. The van der Waals surface area contributed by atoms with Gasteiger partial charge in [-0.3, -0.25) is 0 Å². The third-order valence-electron chi connectivity index (χ3n) is 2.98. The molecule has 0 radical (unpaired) electrons. The third-order valence-corrected chi connectivity index (χ3v) is 2.98. The van der Waals surface area contributed by atoms with E-state index in [0.717, 1.165) is 11.3 Å². The standard InChI is InChI=1S/C16H16N2O3/c1-11-4-5-12(16(19)21-3)10-15(11)18-17-13-6-8-14(20-2)9-7-13/h4-10H,1-3H3. The van der Waals surface area contributed by atoms with E-state index in [1.165, 1.54) is 7.11 Å². The van der Waals surface area contributed by atoms with Gasteiger partial charge in [0.25, 0.3) is 0 Å². The van der Waals surface area contributed by atoms with E-state index in [0.29, 0.717) is 16.9 Å². The summed E-state index contributed by atoms with van der Waals surface area (Å²) >= 11 is 0. The lowest BCUT2D eigenvalue weighted by molar-refractivity contribution is 0.0601. The van der Waals surface area contributed by atoms with Gasteiger partial charge in [-0.1, -0.05) is 6.07 Å². The van der Waals surface area contributed by atoms with E-state index in [1.54, 1.807) is 19.2 Å². The number of esters is 1. The zero-order valence-electron chi connectivity index (χ0n) is 12.2. The van der Waals surface area contributed by atoms with Crippen LogP contribution in [0.25, 0.3) is 0 Å². The van der Waals surface area contributed by atoms with Crippen LogP contribution >= 0.6 is 0 Å². The highest BCUT2D eigenvalue weighted by Gasteiger charge is 2.07. The highest BCUT2D eigenvalue weighted by atomic mass is 16.5. The van der Waals surface area contributed by atoms with Crippen molar-refractivity contribution in [3.63, 3.8) is 0 Å². The van der Waals surface area contributed by atoms with Crippen LogP contribution in [-0.4, -0.2) is 20.2 Å². The number of carbonyl (C=O) groups excluding carboxylic acids is 1. The van der Waals surface area contributed by atoms with Gasteiger partial charge >= 0.3 is 5.97 Å². The first-order valence-corrected chi connectivity index (χ1v) is 6.39. The van der Waals surface area contributed by atoms with Gasteiger partial charge in [-0.15, -0.1) is 0 Å². The van der Waals surface area contributed by atoms with Crippen molar-refractivity contribution in [2.45, 2.75) is 6.92 Å². The molecule has 108 valence electrons. The number of nitrogens with zero attached hydrogens (tertiary/aromatic N) is 2. The summed E-state index contributed by atoms with van der Waals surface area (Å²) in [6, 6.07) is 12.4.